The Morgan fingerprint density at radius 2 is 2.15 bits per heavy atom. The molecule has 0 saturated heterocycles. The number of rotatable bonds is 5. The van der Waals surface area contributed by atoms with Crippen molar-refractivity contribution in [2.24, 2.45) is 0 Å². The lowest BCUT2D eigenvalue weighted by Gasteiger charge is -2.10. The number of benzene rings is 1. The monoisotopic (exact) mass is 405 g/mol. The highest BCUT2D eigenvalue weighted by Crippen LogP contribution is 2.23. The molecule has 0 atom stereocenters. The molecule has 3 aromatic rings. The molecular formula is C18H16ClN3O4S. The van der Waals surface area contributed by atoms with E-state index in [4.69, 9.17) is 16.3 Å². The molecule has 9 heteroatoms. The van der Waals surface area contributed by atoms with Crippen molar-refractivity contribution in [2.45, 2.75) is 20.4 Å². The van der Waals surface area contributed by atoms with E-state index < -0.39 is 17.4 Å². The van der Waals surface area contributed by atoms with Crippen LogP contribution >= 0.6 is 22.9 Å². The highest BCUT2D eigenvalue weighted by molar-refractivity contribution is 7.17. The van der Waals surface area contributed by atoms with Crippen molar-refractivity contribution in [3.63, 3.8) is 0 Å². The number of carbonyl (C=O) groups is 2. The van der Waals surface area contributed by atoms with Gasteiger partial charge in [0, 0.05) is 16.1 Å². The molecule has 2 aromatic heterocycles. The number of nitrogens with zero attached hydrogens (tertiary/aromatic N) is 2. The van der Waals surface area contributed by atoms with Crippen molar-refractivity contribution < 1.29 is 14.3 Å². The second kappa shape index (κ2) is 7.89. The summed E-state index contributed by atoms with van der Waals surface area (Å²) in [6.45, 7) is 3.43. The van der Waals surface area contributed by atoms with Crippen LogP contribution in [0.2, 0.25) is 5.02 Å². The molecular weight excluding hydrogens is 390 g/mol. The topological polar surface area (TPSA) is 90.3 Å². The summed E-state index contributed by atoms with van der Waals surface area (Å²) in [4.78, 5) is 41.7. The zero-order valence-electron chi connectivity index (χ0n) is 14.6. The number of halogens is 1. The molecule has 140 valence electrons. The minimum absolute atomic E-state index is 0.160. The smallest absolute Gasteiger partial charge is 0.339 e. The van der Waals surface area contributed by atoms with E-state index in [1.165, 1.54) is 23.0 Å². The molecule has 0 aliphatic carbocycles. The van der Waals surface area contributed by atoms with Gasteiger partial charge in [-0.15, -0.1) is 11.3 Å². The Morgan fingerprint density at radius 1 is 1.37 bits per heavy atom. The number of amides is 1. The van der Waals surface area contributed by atoms with E-state index in [-0.39, 0.29) is 24.1 Å². The highest BCUT2D eigenvalue weighted by Gasteiger charge is 2.19. The Bertz CT molecular complexity index is 1090. The van der Waals surface area contributed by atoms with E-state index in [9.17, 15) is 14.4 Å². The van der Waals surface area contributed by atoms with Crippen LogP contribution in [0.25, 0.3) is 10.2 Å². The molecule has 0 radical (unpaired) electrons. The van der Waals surface area contributed by atoms with Gasteiger partial charge in [0.1, 0.15) is 11.4 Å². The van der Waals surface area contributed by atoms with Gasteiger partial charge in [-0.25, -0.2) is 9.78 Å². The molecule has 1 aromatic carbocycles. The van der Waals surface area contributed by atoms with Crippen LogP contribution in [0, 0.1) is 6.92 Å². The lowest BCUT2D eigenvalue weighted by atomic mass is 10.2. The van der Waals surface area contributed by atoms with Crippen LogP contribution < -0.4 is 10.9 Å². The van der Waals surface area contributed by atoms with Crippen LogP contribution in [0.3, 0.4) is 0 Å². The van der Waals surface area contributed by atoms with E-state index in [1.807, 2.05) is 0 Å². The van der Waals surface area contributed by atoms with E-state index in [1.54, 1.807) is 32.0 Å². The molecule has 27 heavy (non-hydrogen) atoms. The van der Waals surface area contributed by atoms with Crippen LogP contribution in [0.15, 0.2) is 34.7 Å². The van der Waals surface area contributed by atoms with Crippen LogP contribution in [-0.4, -0.2) is 28.0 Å². The summed E-state index contributed by atoms with van der Waals surface area (Å²) in [5, 5.41) is 4.96. The quantitative estimate of drug-likeness (QED) is 0.658. The Morgan fingerprint density at radius 3 is 2.89 bits per heavy atom. The first-order valence-electron chi connectivity index (χ1n) is 8.11. The van der Waals surface area contributed by atoms with E-state index >= 15 is 0 Å². The van der Waals surface area contributed by atoms with Gasteiger partial charge in [0.05, 0.1) is 23.9 Å². The molecule has 0 saturated carbocycles. The van der Waals surface area contributed by atoms with E-state index in [0.717, 1.165) is 10.1 Å². The van der Waals surface area contributed by atoms with Crippen LogP contribution in [0.1, 0.15) is 22.8 Å². The van der Waals surface area contributed by atoms with Crippen molar-refractivity contribution in [3.05, 3.63) is 56.4 Å². The minimum Gasteiger partial charge on any atom is -0.462 e. The number of aromatic nitrogens is 2. The van der Waals surface area contributed by atoms with E-state index in [0.29, 0.717) is 15.5 Å². The van der Waals surface area contributed by atoms with Gasteiger partial charge in [-0.2, -0.15) is 0 Å². The number of hydrogen-bond acceptors (Lipinski definition) is 6. The predicted molar refractivity (Wildman–Crippen MR) is 105 cm³/mol. The molecule has 0 unspecified atom stereocenters. The summed E-state index contributed by atoms with van der Waals surface area (Å²) < 4.78 is 6.13. The zero-order chi connectivity index (χ0) is 19.6. The van der Waals surface area contributed by atoms with Crippen LogP contribution in [0.4, 0.5) is 5.69 Å². The molecule has 0 bridgehead atoms. The maximum atomic E-state index is 12.7. The number of anilines is 1. The molecule has 0 fully saturated rings. The molecule has 0 aliphatic heterocycles. The Balaban J connectivity index is 1.89. The third kappa shape index (κ3) is 3.86. The maximum Gasteiger partial charge on any atom is 0.339 e. The van der Waals surface area contributed by atoms with Crippen molar-refractivity contribution in [1.82, 2.24) is 9.55 Å². The van der Waals surface area contributed by atoms with Gasteiger partial charge in [0.15, 0.2) is 0 Å². The zero-order valence-corrected chi connectivity index (χ0v) is 16.2. The normalized spacial score (nSPS) is 10.8. The maximum absolute atomic E-state index is 12.7. The van der Waals surface area contributed by atoms with Gasteiger partial charge in [0.25, 0.3) is 5.56 Å². The van der Waals surface area contributed by atoms with Crippen molar-refractivity contribution in [1.29, 1.82) is 0 Å². The number of carbonyl (C=O) groups excluding carboxylic acids is 2. The molecule has 1 amide bonds. The van der Waals surface area contributed by atoms with Crippen molar-refractivity contribution in [3.8, 4) is 0 Å². The molecule has 2 heterocycles. The first-order chi connectivity index (χ1) is 12.9. The average molecular weight is 406 g/mol. The Labute approximate surface area is 163 Å². The van der Waals surface area contributed by atoms with Gasteiger partial charge in [-0.1, -0.05) is 17.7 Å². The highest BCUT2D eigenvalue weighted by atomic mass is 35.5. The van der Waals surface area contributed by atoms with Crippen molar-refractivity contribution in [2.75, 3.05) is 11.9 Å². The fourth-order valence-corrected chi connectivity index (χ4v) is 3.57. The fraction of sp³-hybridized carbons (Fsp3) is 0.222. The Kier molecular flexibility index (Phi) is 5.57. The average Bonchev–Trinajstić information content (AvgIpc) is 3.06. The summed E-state index contributed by atoms with van der Waals surface area (Å²) in [5.41, 5.74) is 0.991. The number of thiophene rings is 1. The summed E-state index contributed by atoms with van der Waals surface area (Å²) in [6, 6.07) is 5.17. The summed E-state index contributed by atoms with van der Waals surface area (Å²) in [6.07, 6.45) is 1.29. The van der Waals surface area contributed by atoms with Gasteiger partial charge >= 0.3 is 5.97 Å². The predicted octanol–water partition coefficient (Wildman–Crippen LogP) is 3.24. The summed E-state index contributed by atoms with van der Waals surface area (Å²) in [7, 11) is 0. The number of nitrogens with one attached hydrogen (secondary N) is 1. The second-order valence-corrected chi connectivity index (χ2v) is 6.95. The molecule has 3 rings (SSSR count). The fourth-order valence-electron chi connectivity index (χ4n) is 2.53. The largest absolute Gasteiger partial charge is 0.462 e. The minimum atomic E-state index is -0.584. The van der Waals surface area contributed by atoms with Crippen LogP contribution in [-0.2, 0) is 16.1 Å². The van der Waals surface area contributed by atoms with Gasteiger partial charge in [-0.3, -0.25) is 14.2 Å². The first kappa shape index (κ1) is 19.1. The summed E-state index contributed by atoms with van der Waals surface area (Å²) in [5.74, 6) is -0.990. The molecule has 7 nitrogen and oxygen atoms in total. The van der Waals surface area contributed by atoms with Crippen molar-refractivity contribution >= 4 is 50.7 Å². The van der Waals surface area contributed by atoms with Crippen LogP contribution in [0.5, 0.6) is 0 Å². The standard InChI is InChI=1S/C18H16ClN3O4S/c1-3-26-18(25)11-8-27-16-15(11)17(24)22(9-20-16)7-14(23)21-13-6-4-5-12(19)10(13)2/h4-6,8-9H,3,7H2,1-2H3,(H,21,23). The number of esters is 1. The third-order valence-electron chi connectivity index (χ3n) is 3.91. The lowest BCUT2D eigenvalue weighted by molar-refractivity contribution is -0.116. The first-order valence-corrected chi connectivity index (χ1v) is 9.36. The second-order valence-electron chi connectivity index (χ2n) is 5.69. The Hall–Kier alpha value is -2.71. The molecule has 0 spiro atoms. The molecule has 0 aliphatic rings. The van der Waals surface area contributed by atoms with E-state index in [2.05, 4.69) is 10.3 Å². The van der Waals surface area contributed by atoms with Gasteiger partial charge in [-0.05, 0) is 31.5 Å². The van der Waals surface area contributed by atoms with Gasteiger partial charge < -0.3 is 10.1 Å². The lowest BCUT2D eigenvalue weighted by Crippen LogP contribution is -2.28. The molecule has 1 N–H and O–H groups in total. The third-order valence-corrected chi connectivity index (χ3v) is 5.21. The SMILES string of the molecule is CCOC(=O)c1csc2ncn(CC(=O)Nc3cccc(Cl)c3C)c(=O)c12. The number of fused-ring (bicyclic) bond motifs is 1. The number of hydrogen-bond donors (Lipinski definition) is 1. The summed E-state index contributed by atoms with van der Waals surface area (Å²) >= 11 is 7.22. The van der Waals surface area contributed by atoms with Gasteiger partial charge in [0.2, 0.25) is 5.91 Å². The number of ether oxygens (including phenoxy) is 1.